The van der Waals surface area contributed by atoms with Gasteiger partial charge in [0.15, 0.2) is 0 Å². The van der Waals surface area contributed by atoms with Crippen LogP contribution in [0.15, 0.2) is 53.4 Å². The molecule has 3 nitrogen and oxygen atoms in total. The summed E-state index contributed by atoms with van der Waals surface area (Å²) in [6, 6.07) is 14.2. The van der Waals surface area contributed by atoms with Crippen LogP contribution in [0.3, 0.4) is 0 Å². The zero-order valence-corrected chi connectivity index (χ0v) is 16.1. The molecule has 0 saturated heterocycles. The van der Waals surface area contributed by atoms with Crippen molar-refractivity contribution in [2.75, 3.05) is 17.6 Å². The number of thioether (sulfide) groups is 1. The number of carbonyl (C=O) groups excluding carboxylic acids is 1. The molecule has 0 radical (unpaired) electrons. The molecule has 2 N–H and O–H groups in total. The van der Waals surface area contributed by atoms with Gasteiger partial charge in [0.2, 0.25) is 5.91 Å². The molecule has 0 aromatic heterocycles. The Morgan fingerprint density at radius 1 is 1.16 bits per heavy atom. The first-order valence-corrected chi connectivity index (χ1v) is 9.06. The van der Waals surface area contributed by atoms with Crippen molar-refractivity contribution in [3.8, 4) is 0 Å². The molecule has 0 fully saturated rings. The maximum absolute atomic E-state index is 12.9. The maximum atomic E-state index is 12.9. The van der Waals surface area contributed by atoms with Gasteiger partial charge in [0.1, 0.15) is 5.82 Å². The van der Waals surface area contributed by atoms with Gasteiger partial charge in [-0.25, -0.2) is 4.39 Å². The fourth-order valence-electron chi connectivity index (χ4n) is 2.14. The molecule has 0 saturated carbocycles. The van der Waals surface area contributed by atoms with Crippen LogP contribution in [0.25, 0.3) is 0 Å². The summed E-state index contributed by atoms with van der Waals surface area (Å²) in [6.45, 7) is 5.56. The number of anilines is 1. The summed E-state index contributed by atoms with van der Waals surface area (Å²) in [5.74, 6) is 0.246. The van der Waals surface area contributed by atoms with E-state index in [0.29, 0.717) is 5.75 Å². The molecule has 0 spiro atoms. The maximum Gasteiger partial charge on any atom is 0.228 e. The largest absolute Gasteiger partial charge is 0.326 e. The lowest BCUT2D eigenvalue weighted by Gasteiger charge is -2.15. The van der Waals surface area contributed by atoms with Crippen molar-refractivity contribution in [3.05, 3.63) is 59.9 Å². The monoisotopic (exact) mass is 382 g/mol. The Morgan fingerprint density at radius 3 is 2.52 bits per heavy atom. The molecule has 0 heterocycles. The number of para-hydroxylation sites is 1. The van der Waals surface area contributed by atoms with Crippen molar-refractivity contribution in [2.24, 2.45) is 5.92 Å². The number of nitrogens with one attached hydrogen (secondary N) is 2. The summed E-state index contributed by atoms with van der Waals surface area (Å²) < 4.78 is 12.9. The Bertz CT molecular complexity index is 667. The fourth-order valence-corrected chi connectivity index (χ4v) is 3.06. The average Bonchev–Trinajstić information content (AvgIpc) is 2.60. The van der Waals surface area contributed by atoms with E-state index in [4.69, 9.17) is 0 Å². The number of hydrogen-bond acceptors (Lipinski definition) is 3. The Kier molecular flexibility index (Phi) is 9.57. The molecule has 2 aromatic carbocycles. The smallest absolute Gasteiger partial charge is 0.228 e. The van der Waals surface area contributed by atoms with E-state index in [-0.39, 0.29) is 30.0 Å². The number of hydrogen-bond donors (Lipinski definition) is 2. The van der Waals surface area contributed by atoms with Gasteiger partial charge in [-0.05, 0) is 42.4 Å². The Labute approximate surface area is 159 Å². The summed E-state index contributed by atoms with van der Waals surface area (Å²) in [5.41, 5.74) is 1.92. The third kappa shape index (κ3) is 7.06. The van der Waals surface area contributed by atoms with Crippen LogP contribution >= 0.6 is 24.2 Å². The predicted molar refractivity (Wildman–Crippen MR) is 106 cm³/mol. The van der Waals surface area contributed by atoms with Crippen LogP contribution in [0.1, 0.15) is 19.4 Å². The number of amides is 1. The molecule has 0 bridgehead atoms. The van der Waals surface area contributed by atoms with E-state index in [1.807, 2.05) is 31.2 Å². The second-order valence-corrected chi connectivity index (χ2v) is 6.69. The van der Waals surface area contributed by atoms with Crippen LogP contribution in [0.4, 0.5) is 10.1 Å². The minimum Gasteiger partial charge on any atom is -0.326 e. The number of benzene rings is 2. The highest BCUT2D eigenvalue weighted by Crippen LogP contribution is 2.22. The summed E-state index contributed by atoms with van der Waals surface area (Å²) >= 11 is 1.55. The van der Waals surface area contributed by atoms with E-state index < -0.39 is 0 Å². The van der Waals surface area contributed by atoms with Gasteiger partial charge in [-0.2, -0.15) is 0 Å². The molecular formula is C19H24ClFN2OS. The van der Waals surface area contributed by atoms with E-state index in [9.17, 15) is 9.18 Å². The van der Waals surface area contributed by atoms with E-state index in [0.717, 1.165) is 29.2 Å². The molecule has 1 atom stereocenters. The summed E-state index contributed by atoms with van der Waals surface area (Å²) in [7, 11) is 0. The molecule has 0 aliphatic rings. The highest BCUT2D eigenvalue weighted by Gasteiger charge is 2.15. The molecule has 2 rings (SSSR count). The molecule has 6 heteroatoms. The summed E-state index contributed by atoms with van der Waals surface area (Å²) in [4.78, 5) is 13.4. The third-order valence-electron chi connectivity index (χ3n) is 3.60. The van der Waals surface area contributed by atoms with E-state index in [2.05, 4.69) is 17.6 Å². The standard InChI is InChI=1S/C19H23FN2OS.ClH/c1-3-21-12-15-6-4-5-7-18(15)22-19(23)14(2)13-24-17-10-8-16(20)9-11-17;/h4-11,14,21H,3,12-13H2,1-2H3,(H,22,23);1H. The second-order valence-electron chi connectivity index (χ2n) is 5.59. The zero-order valence-electron chi connectivity index (χ0n) is 14.4. The van der Waals surface area contributed by atoms with Crippen molar-refractivity contribution in [1.82, 2.24) is 5.32 Å². The summed E-state index contributed by atoms with van der Waals surface area (Å²) in [5, 5.41) is 6.28. The highest BCUT2D eigenvalue weighted by atomic mass is 35.5. The van der Waals surface area contributed by atoms with Gasteiger partial charge in [-0.3, -0.25) is 4.79 Å². The van der Waals surface area contributed by atoms with Gasteiger partial charge < -0.3 is 10.6 Å². The van der Waals surface area contributed by atoms with Gasteiger partial charge in [-0.15, -0.1) is 24.2 Å². The van der Waals surface area contributed by atoms with Crippen molar-refractivity contribution in [3.63, 3.8) is 0 Å². The minimum absolute atomic E-state index is 0. The average molecular weight is 383 g/mol. The zero-order chi connectivity index (χ0) is 17.4. The highest BCUT2D eigenvalue weighted by molar-refractivity contribution is 7.99. The number of rotatable bonds is 8. The van der Waals surface area contributed by atoms with Gasteiger partial charge in [0.25, 0.3) is 0 Å². The SMILES string of the molecule is CCNCc1ccccc1NC(=O)C(C)CSc1ccc(F)cc1.Cl. The van der Waals surface area contributed by atoms with Crippen LogP contribution in [-0.4, -0.2) is 18.2 Å². The third-order valence-corrected chi connectivity index (χ3v) is 4.87. The van der Waals surface area contributed by atoms with Crippen molar-refractivity contribution in [1.29, 1.82) is 0 Å². The van der Waals surface area contributed by atoms with Gasteiger partial charge >= 0.3 is 0 Å². The molecule has 2 aromatic rings. The fraction of sp³-hybridized carbons (Fsp3) is 0.316. The lowest BCUT2D eigenvalue weighted by atomic mass is 10.1. The number of halogens is 2. The minimum atomic E-state index is -0.248. The van der Waals surface area contributed by atoms with Crippen molar-refractivity contribution < 1.29 is 9.18 Å². The molecule has 136 valence electrons. The molecule has 1 amide bonds. The van der Waals surface area contributed by atoms with Crippen LogP contribution in [0, 0.1) is 11.7 Å². The summed E-state index contributed by atoms with van der Waals surface area (Å²) in [6.07, 6.45) is 0. The molecule has 1 unspecified atom stereocenters. The topological polar surface area (TPSA) is 41.1 Å². The van der Waals surface area contributed by atoms with Crippen LogP contribution in [0.2, 0.25) is 0 Å². The Morgan fingerprint density at radius 2 is 1.84 bits per heavy atom. The van der Waals surface area contributed by atoms with E-state index >= 15 is 0 Å². The van der Waals surface area contributed by atoms with Crippen LogP contribution < -0.4 is 10.6 Å². The first-order chi connectivity index (χ1) is 11.6. The van der Waals surface area contributed by atoms with Crippen LogP contribution in [-0.2, 0) is 11.3 Å². The van der Waals surface area contributed by atoms with Gasteiger partial charge in [0, 0.05) is 28.8 Å². The Balaban J connectivity index is 0.00000312. The number of carbonyl (C=O) groups is 1. The van der Waals surface area contributed by atoms with Crippen molar-refractivity contribution in [2.45, 2.75) is 25.3 Å². The lowest BCUT2D eigenvalue weighted by Crippen LogP contribution is -2.23. The normalized spacial score (nSPS) is 11.5. The molecular weight excluding hydrogens is 359 g/mol. The van der Waals surface area contributed by atoms with E-state index in [1.165, 1.54) is 12.1 Å². The first-order valence-electron chi connectivity index (χ1n) is 8.08. The first kappa shape index (κ1) is 21.5. The quantitative estimate of drug-likeness (QED) is 0.649. The molecule has 0 aliphatic heterocycles. The van der Waals surface area contributed by atoms with E-state index in [1.54, 1.807) is 23.9 Å². The lowest BCUT2D eigenvalue weighted by molar-refractivity contribution is -0.118. The predicted octanol–water partition coefficient (Wildman–Crippen LogP) is 4.72. The second kappa shape index (κ2) is 11.1. The molecule has 0 aliphatic carbocycles. The van der Waals surface area contributed by atoms with Gasteiger partial charge in [0.05, 0.1) is 0 Å². The molecule has 25 heavy (non-hydrogen) atoms. The van der Waals surface area contributed by atoms with Crippen LogP contribution in [0.5, 0.6) is 0 Å². The van der Waals surface area contributed by atoms with Crippen molar-refractivity contribution >= 4 is 35.8 Å². The Hall–Kier alpha value is -1.56. The van der Waals surface area contributed by atoms with Gasteiger partial charge in [-0.1, -0.05) is 32.0 Å².